The lowest BCUT2D eigenvalue weighted by atomic mass is 10.1. The Labute approximate surface area is 83.7 Å². The van der Waals surface area contributed by atoms with Crippen LogP contribution in [0.1, 0.15) is 13.8 Å². The van der Waals surface area contributed by atoms with Crippen molar-refractivity contribution in [3.63, 3.8) is 0 Å². The molecular formula is C10H13N3O. The minimum atomic E-state index is -0.450. The quantitative estimate of drug-likeness (QED) is 0.732. The molecule has 0 saturated heterocycles. The summed E-state index contributed by atoms with van der Waals surface area (Å²) in [5.41, 5.74) is -0.450. The van der Waals surface area contributed by atoms with Gasteiger partial charge in [0.25, 0.3) is 0 Å². The molecule has 0 spiro atoms. The van der Waals surface area contributed by atoms with E-state index in [1.54, 1.807) is 19.5 Å². The number of hydrogen-bond donors (Lipinski definition) is 1. The highest BCUT2D eigenvalue weighted by Gasteiger charge is 2.14. The maximum atomic E-state index is 5.32. The topological polar surface area (TPSA) is 47.0 Å². The Kier molecular flexibility index (Phi) is 2.92. The monoisotopic (exact) mass is 191 g/mol. The highest BCUT2D eigenvalue weighted by molar-refractivity contribution is 5.34. The number of nitrogens with zero attached hydrogens (tertiary/aromatic N) is 2. The molecule has 0 saturated carbocycles. The third kappa shape index (κ3) is 2.63. The molecule has 4 nitrogen and oxygen atoms in total. The summed E-state index contributed by atoms with van der Waals surface area (Å²) < 4.78 is 4.93. The van der Waals surface area contributed by atoms with E-state index in [1.807, 2.05) is 13.8 Å². The Morgan fingerprint density at radius 3 is 2.43 bits per heavy atom. The molecule has 0 aliphatic carbocycles. The van der Waals surface area contributed by atoms with Crippen LogP contribution in [0.25, 0.3) is 0 Å². The summed E-state index contributed by atoms with van der Waals surface area (Å²) in [7, 11) is 1.57. The van der Waals surface area contributed by atoms with Gasteiger partial charge >= 0.3 is 0 Å². The van der Waals surface area contributed by atoms with Gasteiger partial charge in [-0.1, -0.05) is 5.92 Å². The van der Waals surface area contributed by atoms with Crippen LogP contribution in [-0.2, 0) is 0 Å². The van der Waals surface area contributed by atoms with Crippen molar-refractivity contribution in [2.45, 2.75) is 19.4 Å². The molecule has 0 aliphatic heterocycles. The van der Waals surface area contributed by atoms with Gasteiger partial charge in [0.1, 0.15) is 0 Å². The van der Waals surface area contributed by atoms with Crippen LogP contribution in [-0.4, -0.2) is 22.6 Å². The number of rotatable bonds is 3. The summed E-state index contributed by atoms with van der Waals surface area (Å²) in [4.78, 5) is 8.08. The van der Waals surface area contributed by atoms with E-state index >= 15 is 0 Å². The largest absolute Gasteiger partial charge is 0.494 e. The summed E-state index contributed by atoms with van der Waals surface area (Å²) in [6, 6.07) is 0. The highest BCUT2D eigenvalue weighted by Crippen LogP contribution is 2.11. The lowest BCUT2D eigenvalue weighted by Gasteiger charge is -2.19. The molecule has 14 heavy (non-hydrogen) atoms. The number of ether oxygens (including phenoxy) is 1. The molecule has 0 amide bonds. The maximum absolute atomic E-state index is 5.32. The predicted octanol–water partition coefficient (Wildman–Crippen LogP) is 1.31. The van der Waals surface area contributed by atoms with Crippen molar-refractivity contribution in [3.05, 3.63) is 12.4 Å². The average Bonchev–Trinajstić information content (AvgIpc) is 2.19. The van der Waals surface area contributed by atoms with Crippen LogP contribution in [0, 0.1) is 12.3 Å². The standard InChI is InChI=1S/C10H13N3O/c1-5-10(2,3)13-9-11-6-8(14-4)7-12-9/h1,6-7H,2-4H3,(H,11,12,13). The van der Waals surface area contributed by atoms with Gasteiger partial charge in [0.15, 0.2) is 5.75 Å². The van der Waals surface area contributed by atoms with Gasteiger partial charge in [-0.3, -0.25) is 0 Å². The van der Waals surface area contributed by atoms with Gasteiger partial charge in [-0.15, -0.1) is 6.42 Å². The van der Waals surface area contributed by atoms with E-state index in [0.29, 0.717) is 11.7 Å². The number of anilines is 1. The molecule has 1 N–H and O–H groups in total. The number of hydrogen-bond acceptors (Lipinski definition) is 4. The molecule has 4 heteroatoms. The Bertz CT molecular complexity index is 337. The van der Waals surface area contributed by atoms with Gasteiger partial charge in [-0.2, -0.15) is 0 Å². The van der Waals surface area contributed by atoms with Gasteiger partial charge in [0, 0.05) is 0 Å². The molecule has 0 unspecified atom stereocenters. The molecule has 0 fully saturated rings. The molecule has 0 aromatic carbocycles. The molecule has 1 aromatic heterocycles. The molecular weight excluding hydrogens is 178 g/mol. The maximum Gasteiger partial charge on any atom is 0.224 e. The molecule has 74 valence electrons. The lowest BCUT2D eigenvalue weighted by Crippen LogP contribution is -2.29. The summed E-state index contributed by atoms with van der Waals surface area (Å²) in [5.74, 6) is 3.71. The summed E-state index contributed by atoms with van der Waals surface area (Å²) in [5, 5.41) is 3.01. The molecule has 0 aliphatic rings. The molecule has 1 aromatic rings. The van der Waals surface area contributed by atoms with Crippen LogP contribution in [0.4, 0.5) is 5.95 Å². The lowest BCUT2D eigenvalue weighted by molar-refractivity contribution is 0.411. The first kappa shape index (κ1) is 10.3. The average molecular weight is 191 g/mol. The van der Waals surface area contributed by atoms with Crippen molar-refractivity contribution in [3.8, 4) is 18.1 Å². The molecule has 0 bridgehead atoms. The zero-order valence-corrected chi connectivity index (χ0v) is 8.53. The second-order valence-corrected chi connectivity index (χ2v) is 3.34. The number of methoxy groups -OCH3 is 1. The zero-order chi connectivity index (χ0) is 10.6. The molecule has 1 heterocycles. The van der Waals surface area contributed by atoms with E-state index < -0.39 is 5.54 Å². The van der Waals surface area contributed by atoms with Gasteiger partial charge in [-0.25, -0.2) is 9.97 Å². The van der Waals surface area contributed by atoms with Gasteiger partial charge in [0.05, 0.1) is 25.0 Å². The van der Waals surface area contributed by atoms with E-state index in [1.165, 1.54) is 0 Å². The summed E-state index contributed by atoms with van der Waals surface area (Å²) in [6.45, 7) is 3.75. The van der Waals surface area contributed by atoms with Crippen LogP contribution < -0.4 is 10.1 Å². The minimum Gasteiger partial charge on any atom is -0.494 e. The Morgan fingerprint density at radius 2 is 2.00 bits per heavy atom. The number of nitrogens with one attached hydrogen (secondary N) is 1. The molecule has 0 atom stereocenters. The van der Waals surface area contributed by atoms with Crippen molar-refractivity contribution >= 4 is 5.95 Å². The van der Waals surface area contributed by atoms with Crippen molar-refractivity contribution in [2.75, 3.05) is 12.4 Å². The van der Waals surface area contributed by atoms with Gasteiger partial charge in [0.2, 0.25) is 5.95 Å². The first-order chi connectivity index (χ1) is 6.57. The fourth-order valence-electron chi connectivity index (χ4n) is 0.802. The van der Waals surface area contributed by atoms with Crippen molar-refractivity contribution < 1.29 is 4.74 Å². The fraction of sp³-hybridized carbons (Fsp3) is 0.400. The van der Waals surface area contributed by atoms with Crippen molar-refractivity contribution in [1.82, 2.24) is 9.97 Å². The second-order valence-electron chi connectivity index (χ2n) is 3.34. The molecule has 0 radical (unpaired) electrons. The fourth-order valence-corrected chi connectivity index (χ4v) is 0.802. The Hall–Kier alpha value is -1.76. The van der Waals surface area contributed by atoms with E-state index in [4.69, 9.17) is 11.2 Å². The normalized spacial score (nSPS) is 10.4. The van der Waals surface area contributed by atoms with Gasteiger partial charge in [-0.05, 0) is 13.8 Å². The minimum absolute atomic E-state index is 0.450. The first-order valence-electron chi connectivity index (χ1n) is 4.19. The Morgan fingerprint density at radius 1 is 1.43 bits per heavy atom. The van der Waals surface area contributed by atoms with Crippen molar-refractivity contribution in [1.29, 1.82) is 0 Å². The van der Waals surface area contributed by atoms with E-state index in [2.05, 4.69) is 21.2 Å². The van der Waals surface area contributed by atoms with Crippen LogP contribution in [0.3, 0.4) is 0 Å². The van der Waals surface area contributed by atoms with Gasteiger partial charge < -0.3 is 10.1 Å². The summed E-state index contributed by atoms with van der Waals surface area (Å²) >= 11 is 0. The second kappa shape index (κ2) is 3.97. The smallest absolute Gasteiger partial charge is 0.224 e. The predicted molar refractivity (Wildman–Crippen MR) is 55.1 cm³/mol. The summed E-state index contributed by atoms with van der Waals surface area (Å²) in [6.07, 6.45) is 8.49. The zero-order valence-electron chi connectivity index (χ0n) is 8.53. The third-order valence-corrected chi connectivity index (χ3v) is 1.65. The van der Waals surface area contributed by atoms with Crippen LogP contribution in [0.15, 0.2) is 12.4 Å². The number of aromatic nitrogens is 2. The SMILES string of the molecule is C#CC(C)(C)Nc1ncc(OC)cn1. The van der Waals surface area contributed by atoms with E-state index in [9.17, 15) is 0 Å². The highest BCUT2D eigenvalue weighted by atomic mass is 16.5. The third-order valence-electron chi connectivity index (χ3n) is 1.65. The van der Waals surface area contributed by atoms with Crippen molar-refractivity contribution in [2.24, 2.45) is 0 Å². The Balaban J connectivity index is 2.75. The van der Waals surface area contributed by atoms with Crippen LogP contribution in [0.5, 0.6) is 5.75 Å². The van der Waals surface area contributed by atoms with Crippen LogP contribution >= 0.6 is 0 Å². The van der Waals surface area contributed by atoms with E-state index in [0.717, 1.165) is 0 Å². The number of terminal acetylenes is 1. The van der Waals surface area contributed by atoms with Crippen LogP contribution in [0.2, 0.25) is 0 Å². The van der Waals surface area contributed by atoms with E-state index in [-0.39, 0.29) is 0 Å². The first-order valence-corrected chi connectivity index (χ1v) is 4.19. The molecule has 1 rings (SSSR count).